The molecule has 0 saturated heterocycles. The first-order valence-corrected chi connectivity index (χ1v) is 9.50. The number of nitrogens with two attached hydrogens (primary N) is 1. The molecule has 0 unspecified atom stereocenters. The minimum atomic E-state index is -0.199. The maximum atomic E-state index is 6.21. The van der Waals surface area contributed by atoms with E-state index in [1.54, 1.807) is 11.1 Å². The summed E-state index contributed by atoms with van der Waals surface area (Å²) < 4.78 is 0. The van der Waals surface area contributed by atoms with Crippen molar-refractivity contribution in [3.63, 3.8) is 0 Å². The van der Waals surface area contributed by atoms with Gasteiger partial charge in [0.15, 0.2) is 0 Å². The first kappa shape index (κ1) is 16.8. The van der Waals surface area contributed by atoms with Crippen molar-refractivity contribution in [3.05, 3.63) is 54.0 Å². The lowest BCUT2D eigenvalue weighted by molar-refractivity contribution is 0.533. The predicted octanol–water partition coefficient (Wildman–Crippen LogP) is 5.34. The van der Waals surface area contributed by atoms with Crippen molar-refractivity contribution in [3.8, 4) is 0 Å². The van der Waals surface area contributed by atoms with Crippen molar-refractivity contribution in [2.24, 2.45) is 11.7 Å². The Labute approximate surface area is 142 Å². The number of fused-ring (bicyclic) bond motifs is 1. The van der Waals surface area contributed by atoms with Gasteiger partial charge in [0.05, 0.1) is 0 Å². The van der Waals surface area contributed by atoms with Gasteiger partial charge in [-0.2, -0.15) is 0 Å². The maximum Gasteiger partial charge on any atom is 0.0161 e. The van der Waals surface area contributed by atoms with E-state index in [2.05, 4.69) is 44.2 Å². The molecule has 0 bridgehead atoms. The highest BCUT2D eigenvalue weighted by molar-refractivity contribution is 5.37. The van der Waals surface area contributed by atoms with Crippen LogP contribution in [0.4, 0.5) is 0 Å². The first-order chi connectivity index (χ1) is 11.1. The zero-order chi connectivity index (χ0) is 16.3. The molecule has 23 heavy (non-hydrogen) atoms. The van der Waals surface area contributed by atoms with Crippen molar-refractivity contribution in [2.75, 3.05) is 0 Å². The third-order valence-electron chi connectivity index (χ3n) is 5.74. The Balaban J connectivity index is 1.63. The van der Waals surface area contributed by atoms with Gasteiger partial charge in [0.25, 0.3) is 0 Å². The van der Waals surface area contributed by atoms with Gasteiger partial charge in [-0.05, 0) is 80.4 Å². The molecule has 125 valence electrons. The largest absolute Gasteiger partial charge is 0.325 e. The summed E-state index contributed by atoms with van der Waals surface area (Å²) in [5.74, 6) is 1.36. The number of unbranched alkanes of at least 4 members (excludes halogenated alkanes) is 2. The molecular weight excluding hydrogens is 278 g/mol. The van der Waals surface area contributed by atoms with Gasteiger partial charge in [0.1, 0.15) is 0 Å². The Hall–Kier alpha value is -1.08. The summed E-state index contributed by atoms with van der Waals surface area (Å²) in [6.45, 7) is 6.41. The standard InChI is InChI=1S/C22H32N/c1-3-4-5-6-7-17-8-9-19-15-20(11-10-18(19)14-17)21-12-13-22(2,23)16-21/h6-7,10-11,15,17,21H,2-5,8-9,12-14,16,23H2,1H3/b7-6+/t17-,21+,22-/m1/s1. The minimum absolute atomic E-state index is 0.199. The van der Waals surface area contributed by atoms with Crippen LogP contribution in [0.2, 0.25) is 0 Å². The Morgan fingerprint density at radius 3 is 2.91 bits per heavy atom. The zero-order valence-electron chi connectivity index (χ0n) is 14.7. The molecule has 3 rings (SSSR count). The smallest absolute Gasteiger partial charge is 0.0161 e. The van der Waals surface area contributed by atoms with Crippen LogP contribution in [0.25, 0.3) is 0 Å². The van der Waals surface area contributed by atoms with Crippen LogP contribution in [0.5, 0.6) is 0 Å². The fourth-order valence-electron chi connectivity index (χ4n) is 4.27. The summed E-state index contributed by atoms with van der Waals surface area (Å²) in [5, 5.41) is 0. The molecule has 0 heterocycles. The van der Waals surface area contributed by atoms with E-state index in [9.17, 15) is 0 Å². The molecule has 1 radical (unpaired) electrons. The molecule has 1 fully saturated rings. The monoisotopic (exact) mass is 310 g/mol. The Morgan fingerprint density at radius 1 is 1.30 bits per heavy atom. The summed E-state index contributed by atoms with van der Waals surface area (Å²) in [7, 11) is 0. The van der Waals surface area contributed by atoms with E-state index in [0.29, 0.717) is 5.92 Å². The average molecular weight is 311 g/mol. The van der Waals surface area contributed by atoms with E-state index in [-0.39, 0.29) is 5.54 Å². The minimum Gasteiger partial charge on any atom is -0.325 e. The van der Waals surface area contributed by atoms with E-state index in [4.69, 9.17) is 5.73 Å². The number of benzene rings is 1. The molecule has 2 N–H and O–H groups in total. The van der Waals surface area contributed by atoms with Gasteiger partial charge in [-0.3, -0.25) is 0 Å². The second kappa shape index (κ2) is 7.21. The highest BCUT2D eigenvalue weighted by Gasteiger charge is 2.32. The van der Waals surface area contributed by atoms with E-state index in [0.717, 1.165) is 18.8 Å². The predicted molar refractivity (Wildman–Crippen MR) is 99.5 cm³/mol. The van der Waals surface area contributed by atoms with Crippen molar-refractivity contribution in [1.29, 1.82) is 0 Å². The number of allylic oxidation sites excluding steroid dienone is 2. The van der Waals surface area contributed by atoms with E-state index in [1.165, 1.54) is 50.5 Å². The molecule has 1 heteroatoms. The molecule has 1 aromatic rings. The van der Waals surface area contributed by atoms with Gasteiger partial charge in [-0.25, -0.2) is 0 Å². The lowest BCUT2D eigenvalue weighted by Crippen LogP contribution is -2.32. The van der Waals surface area contributed by atoms with Crippen LogP contribution in [0.1, 0.15) is 74.5 Å². The molecule has 0 aromatic heterocycles. The number of hydrogen-bond donors (Lipinski definition) is 1. The fourth-order valence-corrected chi connectivity index (χ4v) is 4.27. The third-order valence-corrected chi connectivity index (χ3v) is 5.74. The molecule has 0 amide bonds. The van der Waals surface area contributed by atoms with Crippen molar-refractivity contribution < 1.29 is 0 Å². The summed E-state index contributed by atoms with van der Waals surface area (Å²) >= 11 is 0. The molecule has 2 aliphatic rings. The number of hydrogen-bond acceptors (Lipinski definition) is 1. The van der Waals surface area contributed by atoms with E-state index < -0.39 is 0 Å². The normalized spacial score (nSPS) is 30.7. The van der Waals surface area contributed by atoms with Crippen LogP contribution < -0.4 is 5.73 Å². The van der Waals surface area contributed by atoms with Crippen LogP contribution in [0.15, 0.2) is 30.4 Å². The Morgan fingerprint density at radius 2 is 2.17 bits per heavy atom. The Kier molecular flexibility index (Phi) is 5.26. The Bertz CT molecular complexity index is 555. The van der Waals surface area contributed by atoms with E-state index >= 15 is 0 Å². The maximum absolute atomic E-state index is 6.21. The summed E-state index contributed by atoms with van der Waals surface area (Å²) in [6, 6.07) is 7.21. The highest BCUT2D eigenvalue weighted by atomic mass is 14.7. The molecular formula is C22H32N. The molecule has 1 saturated carbocycles. The summed E-state index contributed by atoms with van der Waals surface area (Å²) in [5.41, 5.74) is 10.7. The second-order valence-corrected chi connectivity index (χ2v) is 7.90. The topological polar surface area (TPSA) is 26.0 Å². The number of aryl methyl sites for hydroxylation is 1. The summed E-state index contributed by atoms with van der Waals surface area (Å²) in [6.07, 6.45) is 15.8. The third kappa shape index (κ3) is 4.26. The number of rotatable bonds is 5. The van der Waals surface area contributed by atoms with Crippen molar-refractivity contribution in [1.82, 2.24) is 0 Å². The molecule has 0 aliphatic heterocycles. The van der Waals surface area contributed by atoms with Gasteiger partial charge in [0.2, 0.25) is 0 Å². The van der Waals surface area contributed by atoms with Gasteiger partial charge < -0.3 is 5.73 Å². The van der Waals surface area contributed by atoms with Crippen LogP contribution in [-0.4, -0.2) is 5.54 Å². The quantitative estimate of drug-likeness (QED) is 0.577. The molecule has 1 nitrogen and oxygen atoms in total. The van der Waals surface area contributed by atoms with Crippen LogP contribution in [-0.2, 0) is 12.8 Å². The van der Waals surface area contributed by atoms with Crippen LogP contribution >= 0.6 is 0 Å². The van der Waals surface area contributed by atoms with Crippen molar-refractivity contribution >= 4 is 0 Å². The van der Waals surface area contributed by atoms with Gasteiger partial charge in [-0.15, -0.1) is 0 Å². The molecule has 3 atom stereocenters. The second-order valence-electron chi connectivity index (χ2n) is 7.90. The molecule has 0 spiro atoms. The van der Waals surface area contributed by atoms with Gasteiger partial charge in [0, 0.05) is 5.54 Å². The molecule has 2 aliphatic carbocycles. The SMILES string of the molecule is [CH2][C@@]1(N)CC[C@H](c2ccc3c(c2)CC[C@@H](/C=C/CCCC)C3)C1. The molecule has 1 aromatic carbocycles. The lowest BCUT2D eigenvalue weighted by atomic mass is 9.81. The van der Waals surface area contributed by atoms with Gasteiger partial charge in [-0.1, -0.05) is 50.1 Å². The van der Waals surface area contributed by atoms with Crippen LogP contribution in [0, 0.1) is 12.8 Å². The first-order valence-electron chi connectivity index (χ1n) is 9.50. The van der Waals surface area contributed by atoms with Crippen molar-refractivity contribution in [2.45, 2.75) is 76.2 Å². The fraction of sp³-hybridized carbons (Fsp3) is 0.591. The summed E-state index contributed by atoms with van der Waals surface area (Å²) in [4.78, 5) is 0. The average Bonchev–Trinajstić information content (AvgIpc) is 2.91. The van der Waals surface area contributed by atoms with Crippen LogP contribution in [0.3, 0.4) is 0 Å². The zero-order valence-corrected chi connectivity index (χ0v) is 14.7. The van der Waals surface area contributed by atoms with E-state index in [1.807, 2.05) is 0 Å². The lowest BCUT2D eigenvalue weighted by Gasteiger charge is -2.24. The van der Waals surface area contributed by atoms with Gasteiger partial charge >= 0.3 is 0 Å². The highest BCUT2D eigenvalue weighted by Crippen LogP contribution is 2.40.